The number of ether oxygens (including phenoxy) is 2. The van der Waals surface area contributed by atoms with Crippen LogP contribution in [0.3, 0.4) is 0 Å². The summed E-state index contributed by atoms with van der Waals surface area (Å²) < 4.78 is 72.7. The second kappa shape index (κ2) is 13.2. The fraction of sp³-hybridized carbons (Fsp3) is 0.370. The number of aromatic nitrogens is 4. The number of allylic oxidation sites excluding steroid dienone is 2. The van der Waals surface area contributed by atoms with Crippen molar-refractivity contribution in [3.63, 3.8) is 0 Å². The number of H-pyrrole nitrogens is 1. The summed E-state index contributed by atoms with van der Waals surface area (Å²) in [4.78, 5) is 6.82. The number of aliphatic hydroxyl groups excluding tert-OH is 4. The number of hydrogen-bond donors (Lipinski definition) is 6. The molecule has 0 radical (unpaired) electrons. The number of rotatable bonds is 11. The van der Waals surface area contributed by atoms with Gasteiger partial charge in [0.05, 0.1) is 30.7 Å². The summed E-state index contributed by atoms with van der Waals surface area (Å²) in [7, 11) is 0. The average molecular weight is 609 g/mol. The fourth-order valence-corrected chi connectivity index (χ4v) is 4.68. The molecule has 16 heteroatoms. The van der Waals surface area contributed by atoms with E-state index >= 15 is 17.6 Å². The van der Waals surface area contributed by atoms with E-state index < -0.39 is 71.8 Å². The lowest BCUT2D eigenvalue weighted by atomic mass is 9.98. The van der Waals surface area contributed by atoms with Crippen molar-refractivity contribution in [3.8, 4) is 0 Å². The van der Waals surface area contributed by atoms with Gasteiger partial charge >= 0.3 is 0 Å². The van der Waals surface area contributed by atoms with E-state index in [1.54, 1.807) is 6.07 Å². The van der Waals surface area contributed by atoms with E-state index in [4.69, 9.17) is 9.47 Å². The van der Waals surface area contributed by atoms with Gasteiger partial charge in [-0.1, -0.05) is 5.21 Å². The Morgan fingerprint density at radius 1 is 1.07 bits per heavy atom. The van der Waals surface area contributed by atoms with Gasteiger partial charge in [0.25, 0.3) is 0 Å². The molecule has 2 aliphatic heterocycles. The number of aliphatic hydroxyl groups is 4. The SMILES string of the molecule is OCC1OC(OCc2cn(CCCNc3c(F)c(F)c(/C(=C4\C=CC=N4)c4ccc[nH]4)c(F)c3F)nn2)C(O)C(O)C1O. The lowest BCUT2D eigenvalue weighted by molar-refractivity contribution is -0.304. The molecule has 0 aliphatic carbocycles. The topological polar surface area (TPSA) is 170 Å². The lowest BCUT2D eigenvalue weighted by Gasteiger charge is -2.39. The highest BCUT2D eigenvalue weighted by Gasteiger charge is 2.44. The number of aryl methyl sites for hydroxylation is 1. The van der Waals surface area contributed by atoms with E-state index in [0.29, 0.717) is 5.69 Å². The molecule has 1 aromatic carbocycles. The zero-order valence-electron chi connectivity index (χ0n) is 22.4. The quantitative estimate of drug-likeness (QED) is 0.107. The molecule has 1 fully saturated rings. The monoisotopic (exact) mass is 608 g/mol. The number of anilines is 1. The third kappa shape index (κ3) is 6.24. The van der Waals surface area contributed by atoms with Gasteiger partial charge in [-0.2, -0.15) is 0 Å². The first-order valence-corrected chi connectivity index (χ1v) is 13.2. The molecule has 6 N–H and O–H groups in total. The van der Waals surface area contributed by atoms with Crippen LogP contribution in [0.15, 0.2) is 47.4 Å². The van der Waals surface area contributed by atoms with Crippen molar-refractivity contribution in [2.24, 2.45) is 4.99 Å². The molecule has 0 bridgehead atoms. The molecule has 0 amide bonds. The van der Waals surface area contributed by atoms with E-state index in [2.05, 4.69) is 25.6 Å². The van der Waals surface area contributed by atoms with Gasteiger partial charge in [-0.3, -0.25) is 9.67 Å². The zero-order valence-corrected chi connectivity index (χ0v) is 22.4. The highest BCUT2D eigenvalue weighted by Crippen LogP contribution is 2.37. The number of aliphatic imine (C=N–C) groups is 1. The highest BCUT2D eigenvalue weighted by molar-refractivity contribution is 5.88. The molecule has 0 spiro atoms. The van der Waals surface area contributed by atoms with Crippen LogP contribution in [0.25, 0.3) is 5.57 Å². The van der Waals surface area contributed by atoms with Gasteiger partial charge in [-0.15, -0.1) is 5.10 Å². The van der Waals surface area contributed by atoms with Crippen molar-refractivity contribution in [1.82, 2.24) is 20.0 Å². The summed E-state index contributed by atoms with van der Waals surface area (Å²) in [6.07, 6.45) is 0.421. The Labute approximate surface area is 241 Å². The van der Waals surface area contributed by atoms with Gasteiger partial charge in [0.15, 0.2) is 29.6 Å². The maximum atomic E-state index is 15.2. The maximum absolute atomic E-state index is 15.2. The third-order valence-electron chi connectivity index (χ3n) is 6.89. The molecule has 2 aliphatic rings. The summed E-state index contributed by atoms with van der Waals surface area (Å²) in [5.74, 6) is -6.32. The maximum Gasteiger partial charge on any atom is 0.187 e. The van der Waals surface area contributed by atoms with Crippen LogP contribution in [-0.4, -0.2) is 90.5 Å². The molecule has 2 aromatic heterocycles. The van der Waals surface area contributed by atoms with Crippen LogP contribution < -0.4 is 5.32 Å². The van der Waals surface area contributed by atoms with Gasteiger partial charge in [0.2, 0.25) is 0 Å². The van der Waals surface area contributed by atoms with E-state index in [9.17, 15) is 20.4 Å². The minimum absolute atomic E-state index is 0.0831. The molecule has 12 nitrogen and oxygen atoms in total. The van der Waals surface area contributed by atoms with E-state index in [0.717, 1.165) is 0 Å². The number of nitrogens with zero attached hydrogens (tertiary/aromatic N) is 4. The summed E-state index contributed by atoms with van der Waals surface area (Å²) >= 11 is 0. The second-order valence-corrected chi connectivity index (χ2v) is 9.75. The largest absolute Gasteiger partial charge is 0.394 e. The summed E-state index contributed by atoms with van der Waals surface area (Å²) in [5.41, 5.74) is -1.32. The molecule has 0 saturated carbocycles. The second-order valence-electron chi connectivity index (χ2n) is 9.75. The summed E-state index contributed by atoms with van der Waals surface area (Å²) in [6.45, 7) is -0.699. The molecule has 5 rings (SSSR count). The Bertz CT molecular complexity index is 1480. The molecular weight excluding hydrogens is 580 g/mol. The minimum atomic E-state index is -1.59. The molecular formula is C27H28F4N6O6. The molecule has 3 aromatic rings. The first-order valence-electron chi connectivity index (χ1n) is 13.2. The Balaban J connectivity index is 1.20. The first-order chi connectivity index (χ1) is 20.7. The molecule has 4 heterocycles. The Morgan fingerprint density at radius 3 is 2.49 bits per heavy atom. The predicted molar refractivity (Wildman–Crippen MR) is 142 cm³/mol. The van der Waals surface area contributed by atoms with Gasteiger partial charge in [-0.25, -0.2) is 17.6 Å². The first kappa shape index (κ1) is 30.5. The summed E-state index contributed by atoms with van der Waals surface area (Å²) in [6, 6.07) is 3.07. The Hall–Kier alpha value is -3.93. The van der Waals surface area contributed by atoms with Crippen molar-refractivity contribution >= 4 is 17.5 Å². The van der Waals surface area contributed by atoms with E-state index in [-0.39, 0.29) is 43.1 Å². The Kier molecular flexibility index (Phi) is 9.34. The van der Waals surface area contributed by atoms with Gasteiger partial charge in [-0.05, 0) is 30.7 Å². The van der Waals surface area contributed by atoms with Crippen LogP contribution in [0, 0.1) is 23.3 Å². The molecule has 43 heavy (non-hydrogen) atoms. The third-order valence-corrected chi connectivity index (χ3v) is 6.89. The number of aromatic amines is 1. The Morgan fingerprint density at radius 2 is 1.84 bits per heavy atom. The number of halogens is 4. The molecule has 230 valence electrons. The standard InChI is InChI=1S/C27H28F4N6O6/c28-19-18(17(14-4-1-6-32-14)15-5-2-7-33-15)20(29)22(31)23(21(19)30)34-8-3-9-37-10-13(35-36-37)12-42-27-26(41)25(40)24(39)16(11-38)43-27/h1-2,4-7,10,16,24-27,32,34,38-41H,3,8-9,11-12H2/b17-15+. The fourth-order valence-electron chi connectivity index (χ4n) is 4.68. The van der Waals surface area contributed by atoms with E-state index in [1.165, 1.54) is 41.5 Å². The van der Waals surface area contributed by atoms with Gasteiger partial charge in [0.1, 0.15) is 35.8 Å². The van der Waals surface area contributed by atoms with Crippen molar-refractivity contribution in [1.29, 1.82) is 0 Å². The molecule has 5 unspecified atom stereocenters. The van der Waals surface area contributed by atoms with Gasteiger partial charge < -0.3 is 40.2 Å². The van der Waals surface area contributed by atoms with Crippen molar-refractivity contribution in [3.05, 3.63) is 82.6 Å². The van der Waals surface area contributed by atoms with Crippen LogP contribution in [0.5, 0.6) is 0 Å². The van der Waals surface area contributed by atoms with Crippen LogP contribution >= 0.6 is 0 Å². The highest BCUT2D eigenvalue weighted by atomic mass is 19.2. The van der Waals surface area contributed by atoms with Gasteiger partial charge in [0, 0.05) is 36.8 Å². The lowest BCUT2D eigenvalue weighted by Crippen LogP contribution is -2.59. The number of benzene rings is 1. The zero-order chi connectivity index (χ0) is 30.7. The normalized spacial score (nSPS) is 24.6. The number of hydrogen-bond acceptors (Lipinski definition) is 10. The smallest absolute Gasteiger partial charge is 0.187 e. The van der Waals surface area contributed by atoms with Crippen molar-refractivity contribution in [2.75, 3.05) is 18.5 Å². The van der Waals surface area contributed by atoms with Crippen molar-refractivity contribution < 1.29 is 47.5 Å². The number of nitrogens with one attached hydrogen (secondary N) is 2. The molecule has 1 saturated heterocycles. The average Bonchev–Trinajstić information content (AvgIpc) is 3.80. The van der Waals surface area contributed by atoms with Crippen molar-refractivity contribution in [2.45, 2.75) is 50.3 Å². The summed E-state index contributed by atoms with van der Waals surface area (Å²) in [5, 5.41) is 49.2. The predicted octanol–water partition coefficient (Wildman–Crippen LogP) is 1.38. The van der Waals surface area contributed by atoms with E-state index in [1.807, 2.05) is 0 Å². The van der Waals surface area contributed by atoms with Crippen LogP contribution in [0.1, 0.15) is 23.4 Å². The molecule has 5 atom stereocenters. The minimum Gasteiger partial charge on any atom is -0.394 e. The van der Waals surface area contributed by atoms with Crippen LogP contribution in [0.2, 0.25) is 0 Å². The van der Waals surface area contributed by atoms with Crippen LogP contribution in [-0.2, 0) is 22.6 Å². The van der Waals surface area contributed by atoms with Crippen LogP contribution in [0.4, 0.5) is 23.2 Å².